The SMILES string of the molecule is CCc1nc2c(cnn2CC)c(NC2CCOCC2)c1CNC(=O)C1(C(=O)NCc2ccc(C)c(-c3cccc(CC4CCN(C(=O)OC(C)(C)C)CC4)c3)c2)CC1. The monoisotopic (exact) mass is 791 g/mol. The zero-order chi connectivity index (χ0) is 41.0. The Hall–Kier alpha value is -4.97. The number of aromatic nitrogens is 3. The largest absolute Gasteiger partial charge is 0.444 e. The van der Waals surface area contributed by atoms with E-state index in [1.165, 1.54) is 5.56 Å². The molecule has 3 aliphatic rings. The van der Waals surface area contributed by atoms with Crippen molar-refractivity contribution in [3.05, 3.63) is 76.6 Å². The van der Waals surface area contributed by atoms with Gasteiger partial charge in [-0.2, -0.15) is 5.10 Å². The van der Waals surface area contributed by atoms with Gasteiger partial charge in [0.05, 0.1) is 17.3 Å². The number of nitrogens with zero attached hydrogens (tertiary/aromatic N) is 4. The van der Waals surface area contributed by atoms with Crippen LogP contribution in [0.15, 0.2) is 48.7 Å². The van der Waals surface area contributed by atoms with E-state index in [2.05, 4.69) is 78.2 Å². The molecule has 2 aromatic carbocycles. The van der Waals surface area contributed by atoms with Crippen LogP contribution in [0.3, 0.4) is 0 Å². The first kappa shape index (κ1) is 41.2. The van der Waals surface area contributed by atoms with Crippen molar-refractivity contribution in [1.29, 1.82) is 0 Å². The minimum absolute atomic E-state index is 0.225. The van der Waals surface area contributed by atoms with Crippen molar-refractivity contribution in [2.45, 2.75) is 124 Å². The number of fused-ring (bicyclic) bond motifs is 1. The summed E-state index contributed by atoms with van der Waals surface area (Å²) in [5, 5.41) is 15.6. The Morgan fingerprint density at radius 2 is 1.66 bits per heavy atom. The van der Waals surface area contributed by atoms with Gasteiger partial charge in [-0.1, -0.05) is 43.3 Å². The fourth-order valence-electron chi connectivity index (χ4n) is 8.41. The van der Waals surface area contributed by atoms with E-state index in [1.54, 1.807) is 0 Å². The van der Waals surface area contributed by atoms with Crippen LogP contribution in [0.1, 0.15) is 101 Å². The first-order chi connectivity index (χ1) is 27.9. The highest BCUT2D eigenvalue weighted by atomic mass is 16.6. The lowest BCUT2D eigenvalue weighted by atomic mass is 9.88. The normalized spacial score (nSPS) is 17.2. The summed E-state index contributed by atoms with van der Waals surface area (Å²) in [6, 6.07) is 15.3. The molecule has 0 atom stereocenters. The molecule has 0 radical (unpaired) electrons. The molecular formula is C46H61N7O5. The number of likely N-dealkylation sites (tertiary alicyclic amines) is 1. The van der Waals surface area contributed by atoms with Crippen LogP contribution in [0, 0.1) is 18.3 Å². The molecule has 4 heterocycles. The van der Waals surface area contributed by atoms with Crippen molar-refractivity contribution in [3.63, 3.8) is 0 Å². The second-order valence-corrected chi connectivity index (χ2v) is 17.4. The highest BCUT2D eigenvalue weighted by molar-refractivity contribution is 6.08. The number of benzene rings is 2. The van der Waals surface area contributed by atoms with E-state index in [0.29, 0.717) is 64.6 Å². The van der Waals surface area contributed by atoms with Gasteiger partial charge in [-0.3, -0.25) is 9.59 Å². The molecule has 0 unspecified atom stereocenters. The molecular weight excluding hydrogens is 731 g/mol. The third-order valence-corrected chi connectivity index (χ3v) is 12.0. The van der Waals surface area contributed by atoms with E-state index in [4.69, 9.17) is 14.5 Å². The number of nitrogens with one attached hydrogen (secondary N) is 3. The average molecular weight is 792 g/mol. The number of aryl methyl sites for hydroxylation is 3. The quantitative estimate of drug-likeness (QED) is 0.119. The van der Waals surface area contributed by atoms with Gasteiger partial charge in [0, 0.05) is 63.2 Å². The van der Waals surface area contributed by atoms with Crippen molar-refractivity contribution in [3.8, 4) is 11.1 Å². The fourth-order valence-corrected chi connectivity index (χ4v) is 8.41. The Kier molecular flexibility index (Phi) is 12.4. The van der Waals surface area contributed by atoms with Crippen molar-refractivity contribution in [1.82, 2.24) is 30.3 Å². The molecule has 310 valence electrons. The van der Waals surface area contributed by atoms with Gasteiger partial charge in [0.25, 0.3) is 0 Å². The number of pyridine rings is 1. The van der Waals surface area contributed by atoms with Crippen LogP contribution in [0.4, 0.5) is 10.5 Å². The summed E-state index contributed by atoms with van der Waals surface area (Å²) < 4.78 is 13.1. The lowest BCUT2D eigenvalue weighted by molar-refractivity contribution is -0.137. The zero-order valence-electron chi connectivity index (χ0n) is 35.2. The summed E-state index contributed by atoms with van der Waals surface area (Å²) >= 11 is 0. The molecule has 4 aromatic rings. The van der Waals surface area contributed by atoms with Gasteiger partial charge >= 0.3 is 6.09 Å². The highest BCUT2D eigenvalue weighted by Gasteiger charge is 2.56. The van der Waals surface area contributed by atoms with E-state index in [0.717, 1.165) is 82.3 Å². The van der Waals surface area contributed by atoms with Crippen LogP contribution in [-0.4, -0.2) is 75.5 Å². The predicted octanol–water partition coefficient (Wildman–Crippen LogP) is 7.48. The molecule has 12 nitrogen and oxygen atoms in total. The molecule has 3 N–H and O–H groups in total. The maximum Gasteiger partial charge on any atom is 0.410 e. The van der Waals surface area contributed by atoms with Crippen LogP contribution in [0.25, 0.3) is 22.2 Å². The van der Waals surface area contributed by atoms with Gasteiger partial charge in [-0.25, -0.2) is 14.5 Å². The van der Waals surface area contributed by atoms with E-state index in [1.807, 2.05) is 42.6 Å². The van der Waals surface area contributed by atoms with Gasteiger partial charge < -0.3 is 30.3 Å². The molecule has 1 saturated carbocycles. The molecule has 12 heteroatoms. The summed E-state index contributed by atoms with van der Waals surface area (Å²) in [5.41, 5.74) is 7.76. The Morgan fingerprint density at radius 3 is 2.33 bits per heavy atom. The number of carbonyl (C=O) groups excluding carboxylic acids is 3. The van der Waals surface area contributed by atoms with Gasteiger partial charge in [-0.15, -0.1) is 0 Å². The van der Waals surface area contributed by atoms with Gasteiger partial charge in [0.15, 0.2) is 5.65 Å². The lowest BCUT2D eigenvalue weighted by Crippen LogP contribution is -2.42. The molecule has 2 aromatic heterocycles. The number of anilines is 1. The maximum atomic E-state index is 13.9. The number of amides is 3. The van der Waals surface area contributed by atoms with Crippen LogP contribution in [0.5, 0.6) is 0 Å². The Bertz CT molecular complexity index is 2120. The second-order valence-electron chi connectivity index (χ2n) is 17.4. The first-order valence-corrected chi connectivity index (χ1v) is 21.3. The van der Waals surface area contributed by atoms with Crippen molar-refractivity contribution in [2.75, 3.05) is 31.6 Å². The molecule has 0 bridgehead atoms. The van der Waals surface area contributed by atoms with Crippen molar-refractivity contribution in [2.24, 2.45) is 11.3 Å². The molecule has 2 aliphatic heterocycles. The molecule has 3 amide bonds. The Labute approximate surface area is 342 Å². The lowest BCUT2D eigenvalue weighted by Gasteiger charge is -2.33. The highest BCUT2D eigenvalue weighted by Crippen LogP contribution is 2.46. The molecule has 0 spiro atoms. The summed E-state index contributed by atoms with van der Waals surface area (Å²) in [5.74, 6) is 0.0190. The number of hydrogen-bond acceptors (Lipinski definition) is 8. The average Bonchev–Trinajstić information content (AvgIpc) is 3.93. The van der Waals surface area contributed by atoms with Crippen molar-refractivity contribution >= 4 is 34.6 Å². The summed E-state index contributed by atoms with van der Waals surface area (Å²) in [4.78, 5) is 47.0. The topological polar surface area (TPSA) is 140 Å². The van der Waals surface area contributed by atoms with Gasteiger partial charge in [-0.05, 0) is 126 Å². The second kappa shape index (κ2) is 17.5. The third kappa shape index (κ3) is 9.33. The minimum Gasteiger partial charge on any atom is -0.444 e. The van der Waals surface area contributed by atoms with Crippen LogP contribution < -0.4 is 16.0 Å². The van der Waals surface area contributed by atoms with Crippen molar-refractivity contribution < 1.29 is 23.9 Å². The summed E-state index contributed by atoms with van der Waals surface area (Å²) in [7, 11) is 0. The van der Waals surface area contributed by atoms with E-state index in [-0.39, 0.29) is 30.5 Å². The van der Waals surface area contributed by atoms with Gasteiger partial charge in [0.1, 0.15) is 11.0 Å². The smallest absolute Gasteiger partial charge is 0.410 e. The number of hydrogen-bond donors (Lipinski definition) is 3. The molecule has 1 aliphatic carbocycles. The van der Waals surface area contributed by atoms with Crippen LogP contribution >= 0.6 is 0 Å². The molecule has 58 heavy (non-hydrogen) atoms. The molecule has 3 fully saturated rings. The maximum absolute atomic E-state index is 13.9. The predicted molar refractivity (Wildman–Crippen MR) is 226 cm³/mol. The molecule has 2 saturated heterocycles. The Balaban J connectivity index is 0.979. The zero-order valence-corrected chi connectivity index (χ0v) is 35.2. The van der Waals surface area contributed by atoms with Gasteiger partial charge in [0.2, 0.25) is 11.8 Å². The van der Waals surface area contributed by atoms with Crippen LogP contribution in [0.2, 0.25) is 0 Å². The fraction of sp³-hybridized carbons (Fsp3) is 0.543. The Morgan fingerprint density at radius 1 is 0.931 bits per heavy atom. The first-order valence-electron chi connectivity index (χ1n) is 21.3. The number of carbonyl (C=O) groups is 3. The standard InChI is InChI=1S/C46H61N7O5/c1-7-39-37(40(50-35-16-22-57-23-17-35)38-29-49-53(8-2)41(38)51-39)28-48-43(55)46(18-19-46)42(54)47-27-33-13-12-30(3)36(26-33)34-11-9-10-32(25-34)24-31-14-20-52(21-15-31)44(56)58-45(4,5)6/h9-13,25-26,29,31,35H,7-8,14-24,27-28H2,1-6H3,(H,47,54)(H,48,55)(H,50,51). The number of ether oxygens (including phenoxy) is 2. The third-order valence-electron chi connectivity index (χ3n) is 12.0. The van der Waals surface area contributed by atoms with E-state index in [9.17, 15) is 14.4 Å². The summed E-state index contributed by atoms with van der Waals surface area (Å²) in [6.45, 7) is 16.1. The summed E-state index contributed by atoms with van der Waals surface area (Å²) in [6.07, 6.45) is 8.03. The van der Waals surface area contributed by atoms with E-state index < -0.39 is 11.0 Å². The van der Waals surface area contributed by atoms with Crippen LogP contribution in [-0.2, 0) is 51.5 Å². The number of rotatable bonds is 13. The molecule has 7 rings (SSSR count). The number of piperidine rings is 1. The van der Waals surface area contributed by atoms with E-state index >= 15 is 0 Å². The minimum atomic E-state index is -1.07.